The monoisotopic (exact) mass is 967 g/mol. The van der Waals surface area contributed by atoms with Gasteiger partial charge in [-0.3, -0.25) is 0 Å². The van der Waals surface area contributed by atoms with E-state index in [-0.39, 0.29) is 73.2 Å². The first-order chi connectivity index (χ1) is 30.3. The van der Waals surface area contributed by atoms with Gasteiger partial charge in [0.1, 0.15) is 0 Å². The minimum absolute atomic E-state index is 0.0226. The molecule has 0 aliphatic heterocycles. The van der Waals surface area contributed by atoms with Crippen molar-refractivity contribution in [2.24, 2.45) is 0 Å². The molecule has 0 bridgehead atoms. The SMILES string of the molecule is CC(C)OC(OC(C)C)OC(C)OC(OC(C)C)OC(C)C.CC(C)OC(OC(C)C)OC(C)OC(OC(C)C)OC(C)C.CC(C)OC(OC(C)C)OC(C)OC(OC(C)C)OC(C)C. The summed E-state index contributed by atoms with van der Waals surface area (Å²) in [5, 5.41) is 0. The Morgan fingerprint density at radius 3 is 0.258 bits per heavy atom. The fourth-order valence-electron chi connectivity index (χ4n) is 4.28. The van der Waals surface area contributed by atoms with Crippen LogP contribution in [0.15, 0.2) is 0 Å². The lowest BCUT2D eigenvalue weighted by molar-refractivity contribution is -0.405. The van der Waals surface area contributed by atoms with Crippen LogP contribution in [0.1, 0.15) is 187 Å². The summed E-state index contributed by atoms with van der Waals surface area (Å²) in [6.45, 7) is 46.4. The molecular weight excluding hydrogens is 865 g/mol. The van der Waals surface area contributed by atoms with Gasteiger partial charge in [0.05, 0.1) is 73.2 Å². The zero-order chi connectivity index (χ0) is 51.9. The summed E-state index contributed by atoms with van der Waals surface area (Å²) in [5.41, 5.74) is 0. The highest BCUT2D eigenvalue weighted by Crippen LogP contribution is 2.17. The molecule has 0 amide bonds. The van der Waals surface area contributed by atoms with Crippen molar-refractivity contribution < 1.29 is 85.3 Å². The van der Waals surface area contributed by atoms with Crippen molar-refractivity contribution in [2.45, 2.75) is 318 Å². The average molecular weight is 967 g/mol. The van der Waals surface area contributed by atoms with E-state index in [1.807, 2.05) is 166 Å². The Bertz CT molecular complexity index is 792. The molecule has 0 spiro atoms. The van der Waals surface area contributed by atoms with Crippen molar-refractivity contribution in [1.82, 2.24) is 0 Å². The summed E-state index contributed by atoms with van der Waals surface area (Å²) in [6.07, 6.45) is -2.09. The molecule has 0 unspecified atom stereocenters. The second kappa shape index (κ2) is 39.9. The highest BCUT2D eigenvalue weighted by Gasteiger charge is 2.26. The number of rotatable bonds is 36. The van der Waals surface area contributed by atoms with Crippen LogP contribution >= 0.6 is 0 Å². The van der Waals surface area contributed by atoms with Crippen LogP contribution in [-0.2, 0) is 85.3 Å². The van der Waals surface area contributed by atoms with Crippen LogP contribution in [0.2, 0.25) is 0 Å². The van der Waals surface area contributed by atoms with Crippen molar-refractivity contribution in [3.63, 3.8) is 0 Å². The molecule has 0 saturated carbocycles. The zero-order valence-corrected chi connectivity index (χ0v) is 46.5. The van der Waals surface area contributed by atoms with E-state index < -0.39 is 57.7 Å². The molecule has 18 heteroatoms. The van der Waals surface area contributed by atoms with E-state index in [2.05, 4.69) is 0 Å². The van der Waals surface area contributed by atoms with E-state index in [0.717, 1.165) is 0 Å². The second-order valence-corrected chi connectivity index (χ2v) is 18.5. The predicted octanol–water partition coefficient (Wildman–Crippen LogP) is 10.9. The minimum atomic E-state index is -0.797. The van der Waals surface area contributed by atoms with Crippen LogP contribution in [0, 0.1) is 0 Å². The van der Waals surface area contributed by atoms with E-state index in [1.165, 1.54) is 0 Å². The van der Waals surface area contributed by atoms with Gasteiger partial charge >= 0.3 is 0 Å². The van der Waals surface area contributed by atoms with Crippen LogP contribution in [0.3, 0.4) is 0 Å². The van der Waals surface area contributed by atoms with Crippen molar-refractivity contribution >= 4 is 0 Å². The Morgan fingerprint density at radius 1 is 0.121 bits per heavy atom. The normalized spacial score (nSPS) is 13.1. The van der Waals surface area contributed by atoms with Crippen LogP contribution in [0.5, 0.6) is 0 Å². The zero-order valence-electron chi connectivity index (χ0n) is 46.5. The molecule has 0 heterocycles. The van der Waals surface area contributed by atoms with E-state index in [9.17, 15) is 0 Å². The maximum Gasteiger partial charge on any atom is 0.274 e. The first-order valence-corrected chi connectivity index (χ1v) is 24.1. The minimum Gasteiger partial charge on any atom is -0.327 e. The number of hydrogen-bond acceptors (Lipinski definition) is 18. The highest BCUT2D eigenvalue weighted by atomic mass is 16.9. The molecule has 0 aromatic heterocycles. The van der Waals surface area contributed by atoms with Crippen molar-refractivity contribution in [3.8, 4) is 0 Å². The van der Waals surface area contributed by atoms with Gasteiger partial charge in [-0.25, -0.2) is 0 Å². The van der Waals surface area contributed by atoms with Gasteiger partial charge in [0.2, 0.25) is 0 Å². The van der Waals surface area contributed by atoms with Crippen molar-refractivity contribution in [2.75, 3.05) is 0 Å². The van der Waals surface area contributed by atoms with E-state index in [4.69, 9.17) is 85.3 Å². The Kier molecular flexibility index (Phi) is 42.1. The van der Waals surface area contributed by atoms with Gasteiger partial charge in [0.15, 0.2) is 18.9 Å². The summed E-state index contributed by atoms with van der Waals surface area (Å²) in [5.74, 6) is 0. The molecule has 0 atom stereocenters. The van der Waals surface area contributed by atoms with Crippen LogP contribution in [0.25, 0.3) is 0 Å². The summed E-state index contributed by atoms with van der Waals surface area (Å²) >= 11 is 0. The lowest BCUT2D eigenvalue weighted by Crippen LogP contribution is -2.36. The van der Waals surface area contributed by atoms with Gasteiger partial charge < -0.3 is 85.3 Å². The first kappa shape index (κ1) is 69.5. The molecule has 18 nitrogen and oxygen atoms in total. The molecule has 0 saturated heterocycles. The van der Waals surface area contributed by atoms with Gasteiger partial charge in [-0.2, -0.15) is 0 Å². The topological polar surface area (TPSA) is 166 Å². The Balaban J connectivity index is -0.000000902. The fourth-order valence-corrected chi connectivity index (χ4v) is 4.28. The molecule has 0 aliphatic rings. The molecule has 0 aromatic carbocycles. The van der Waals surface area contributed by atoms with Gasteiger partial charge in [0.25, 0.3) is 38.9 Å². The van der Waals surface area contributed by atoms with Gasteiger partial charge in [-0.15, -0.1) is 0 Å². The van der Waals surface area contributed by atoms with Gasteiger partial charge in [-0.05, 0) is 187 Å². The smallest absolute Gasteiger partial charge is 0.274 e. The van der Waals surface area contributed by atoms with Crippen LogP contribution in [0.4, 0.5) is 0 Å². The summed E-state index contributed by atoms with van der Waals surface area (Å²) in [7, 11) is 0. The van der Waals surface area contributed by atoms with E-state index >= 15 is 0 Å². The quantitative estimate of drug-likeness (QED) is 0.0544. The molecule has 0 rings (SSSR count). The third kappa shape index (κ3) is 48.3. The summed E-state index contributed by atoms with van der Waals surface area (Å²) < 4.78 is 101. The molecule has 0 aliphatic carbocycles. The second-order valence-electron chi connectivity index (χ2n) is 18.5. The molecular formula is C48H102O18. The lowest BCUT2D eigenvalue weighted by atomic mass is 10.5. The molecule has 0 fully saturated rings. The van der Waals surface area contributed by atoms with Crippen LogP contribution in [-0.4, -0.2) is 131 Å². The first-order valence-electron chi connectivity index (χ1n) is 24.1. The number of ether oxygens (including phenoxy) is 18. The third-order valence-corrected chi connectivity index (χ3v) is 6.42. The van der Waals surface area contributed by atoms with Crippen LogP contribution < -0.4 is 0 Å². The highest BCUT2D eigenvalue weighted by molar-refractivity contribution is 4.49. The Hall–Kier alpha value is -0.720. The molecule has 402 valence electrons. The third-order valence-electron chi connectivity index (χ3n) is 6.42. The fraction of sp³-hybridized carbons (Fsp3) is 1.00. The van der Waals surface area contributed by atoms with E-state index in [1.54, 1.807) is 20.8 Å². The predicted molar refractivity (Wildman–Crippen MR) is 252 cm³/mol. The average Bonchev–Trinajstić information content (AvgIpc) is 3.04. The maximum absolute atomic E-state index is 5.64. The largest absolute Gasteiger partial charge is 0.327 e. The van der Waals surface area contributed by atoms with Crippen molar-refractivity contribution in [3.05, 3.63) is 0 Å². The summed E-state index contributed by atoms with van der Waals surface area (Å²) in [6, 6.07) is 0. The molecule has 66 heavy (non-hydrogen) atoms. The van der Waals surface area contributed by atoms with E-state index in [0.29, 0.717) is 0 Å². The summed E-state index contributed by atoms with van der Waals surface area (Å²) in [4.78, 5) is 0. The Morgan fingerprint density at radius 2 is 0.197 bits per heavy atom. The van der Waals surface area contributed by atoms with Gasteiger partial charge in [-0.1, -0.05) is 0 Å². The maximum atomic E-state index is 5.64. The lowest BCUT2D eigenvalue weighted by Gasteiger charge is -2.29. The van der Waals surface area contributed by atoms with Crippen molar-refractivity contribution in [1.29, 1.82) is 0 Å². The standard InChI is InChI=1S/3C16H34O6/c3*1-10(2)17-15(18-11(3)4)21-14(9)22-16(19-12(5)6)20-13(7)8/h3*10-16H,1-9H3. The molecule has 0 N–H and O–H groups in total. The van der Waals surface area contributed by atoms with Gasteiger partial charge in [0, 0.05) is 0 Å². The molecule has 0 radical (unpaired) electrons. The Labute approximate surface area is 402 Å². The number of hydrogen-bond donors (Lipinski definition) is 0. The molecule has 0 aromatic rings.